The van der Waals surface area contributed by atoms with E-state index in [2.05, 4.69) is 38.2 Å². The second-order valence-electron chi connectivity index (χ2n) is 4.62. The average Bonchev–Trinajstić information content (AvgIpc) is 2.30. The number of methoxy groups -OCH3 is 1. The van der Waals surface area contributed by atoms with Crippen molar-refractivity contribution in [1.29, 1.82) is 0 Å². The Balaban J connectivity index is 2.57. The fraction of sp³-hybridized carbons (Fsp3) is 0.600. The first-order valence-corrected chi connectivity index (χ1v) is 6.53. The summed E-state index contributed by atoms with van der Waals surface area (Å²) >= 11 is 0. The Hall–Kier alpha value is -1.02. The van der Waals surface area contributed by atoms with Crippen LogP contribution in [0.15, 0.2) is 12.1 Å². The van der Waals surface area contributed by atoms with Gasteiger partial charge in [-0.2, -0.15) is 0 Å². The first-order valence-electron chi connectivity index (χ1n) is 6.53. The highest BCUT2D eigenvalue weighted by Gasteiger charge is 2.07. The van der Waals surface area contributed by atoms with Gasteiger partial charge in [0.2, 0.25) is 0 Å². The first-order chi connectivity index (χ1) is 8.19. The molecule has 1 aromatic rings. The van der Waals surface area contributed by atoms with Crippen molar-refractivity contribution in [3.63, 3.8) is 0 Å². The van der Waals surface area contributed by atoms with Crippen LogP contribution in [0.4, 0.5) is 0 Å². The van der Waals surface area contributed by atoms with E-state index >= 15 is 0 Å². The van der Waals surface area contributed by atoms with Crippen molar-refractivity contribution in [3.05, 3.63) is 28.8 Å². The van der Waals surface area contributed by atoms with Crippen LogP contribution in [0.1, 0.15) is 36.5 Å². The first kappa shape index (κ1) is 14.0. The lowest BCUT2D eigenvalue weighted by Crippen LogP contribution is -2.16. The van der Waals surface area contributed by atoms with Crippen LogP contribution in [0.2, 0.25) is 0 Å². The number of aryl methyl sites for hydroxylation is 2. The molecule has 0 spiro atoms. The highest BCUT2D eigenvalue weighted by atomic mass is 16.5. The highest BCUT2D eigenvalue weighted by molar-refractivity contribution is 5.43. The molecule has 0 aliphatic rings. The van der Waals surface area contributed by atoms with Crippen LogP contribution in [-0.4, -0.2) is 20.2 Å². The lowest BCUT2D eigenvalue weighted by molar-refractivity contribution is 0.408. The molecule has 0 radical (unpaired) electrons. The monoisotopic (exact) mass is 235 g/mol. The quantitative estimate of drug-likeness (QED) is 0.733. The second-order valence-corrected chi connectivity index (χ2v) is 4.62. The third-order valence-corrected chi connectivity index (χ3v) is 3.00. The van der Waals surface area contributed by atoms with E-state index < -0.39 is 0 Å². The summed E-state index contributed by atoms with van der Waals surface area (Å²) < 4.78 is 5.46. The maximum Gasteiger partial charge on any atom is 0.122 e. The van der Waals surface area contributed by atoms with Crippen LogP contribution in [0, 0.1) is 13.8 Å². The Labute approximate surface area is 105 Å². The molecule has 17 heavy (non-hydrogen) atoms. The summed E-state index contributed by atoms with van der Waals surface area (Å²) in [7, 11) is 1.76. The summed E-state index contributed by atoms with van der Waals surface area (Å²) in [4.78, 5) is 0. The summed E-state index contributed by atoms with van der Waals surface area (Å²) in [5, 5.41) is 3.43. The number of benzene rings is 1. The molecule has 0 aliphatic heterocycles. The van der Waals surface area contributed by atoms with E-state index in [-0.39, 0.29) is 0 Å². The molecular formula is C15H25NO. The topological polar surface area (TPSA) is 21.3 Å². The normalized spacial score (nSPS) is 10.6. The van der Waals surface area contributed by atoms with Gasteiger partial charge in [-0.25, -0.2) is 0 Å². The molecular weight excluding hydrogens is 210 g/mol. The van der Waals surface area contributed by atoms with Crippen LogP contribution in [0.5, 0.6) is 5.75 Å². The summed E-state index contributed by atoms with van der Waals surface area (Å²) in [5.41, 5.74) is 3.97. The molecule has 0 saturated carbocycles. The smallest absolute Gasteiger partial charge is 0.122 e. The molecule has 0 fully saturated rings. The average molecular weight is 235 g/mol. The standard InChI is InChI=1S/C15H25NO/c1-5-8-16-9-6-7-14-13(3)10-12(2)11-15(14)17-4/h10-11,16H,5-9H2,1-4H3. The molecule has 0 atom stereocenters. The molecule has 1 rings (SSSR count). The third-order valence-electron chi connectivity index (χ3n) is 3.00. The minimum Gasteiger partial charge on any atom is -0.496 e. The van der Waals surface area contributed by atoms with Crippen molar-refractivity contribution in [2.75, 3.05) is 20.2 Å². The van der Waals surface area contributed by atoms with E-state index in [9.17, 15) is 0 Å². The van der Waals surface area contributed by atoms with Crippen LogP contribution in [0.25, 0.3) is 0 Å². The lowest BCUT2D eigenvalue weighted by atomic mass is 10.00. The number of rotatable bonds is 7. The van der Waals surface area contributed by atoms with Crippen LogP contribution in [-0.2, 0) is 6.42 Å². The van der Waals surface area contributed by atoms with Gasteiger partial charge in [-0.15, -0.1) is 0 Å². The van der Waals surface area contributed by atoms with Gasteiger partial charge in [0.1, 0.15) is 5.75 Å². The molecule has 1 N–H and O–H groups in total. The lowest BCUT2D eigenvalue weighted by Gasteiger charge is -2.13. The van der Waals surface area contributed by atoms with Gasteiger partial charge in [0, 0.05) is 0 Å². The molecule has 0 heterocycles. The Morgan fingerprint density at radius 2 is 1.94 bits per heavy atom. The van der Waals surface area contributed by atoms with Gasteiger partial charge in [-0.3, -0.25) is 0 Å². The number of nitrogens with one attached hydrogen (secondary N) is 1. The van der Waals surface area contributed by atoms with E-state index in [0.29, 0.717) is 0 Å². The van der Waals surface area contributed by atoms with Crippen LogP contribution in [0.3, 0.4) is 0 Å². The van der Waals surface area contributed by atoms with Gasteiger partial charge in [-0.1, -0.05) is 13.0 Å². The fourth-order valence-corrected chi connectivity index (χ4v) is 2.15. The summed E-state index contributed by atoms with van der Waals surface area (Å²) in [6.45, 7) is 8.68. The summed E-state index contributed by atoms with van der Waals surface area (Å²) in [5.74, 6) is 1.04. The predicted octanol–water partition coefficient (Wildman–Crippen LogP) is 3.24. The number of hydrogen-bond acceptors (Lipinski definition) is 2. The molecule has 2 heteroatoms. The maximum absolute atomic E-state index is 5.46. The van der Waals surface area contributed by atoms with Crippen LogP contribution < -0.4 is 10.1 Å². The SMILES string of the molecule is CCCNCCCc1c(C)cc(C)cc1OC. The molecule has 0 unspecified atom stereocenters. The molecule has 0 aliphatic carbocycles. The zero-order valence-electron chi connectivity index (χ0n) is 11.6. The van der Waals surface area contributed by atoms with Gasteiger partial charge >= 0.3 is 0 Å². The van der Waals surface area contributed by atoms with Crippen molar-refractivity contribution < 1.29 is 4.74 Å². The molecule has 0 aromatic heterocycles. The van der Waals surface area contributed by atoms with Crippen molar-refractivity contribution in [2.24, 2.45) is 0 Å². The van der Waals surface area contributed by atoms with Crippen molar-refractivity contribution >= 4 is 0 Å². The van der Waals surface area contributed by atoms with Crippen molar-refractivity contribution in [3.8, 4) is 5.75 Å². The van der Waals surface area contributed by atoms with Gasteiger partial charge in [0.15, 0.2) is 0 Å². The zero-order valence-corrected chi connectivity index (χ0v) is 11.6. The fourth-order valence-electron chi connectivity index (χ4n) is 2.15. The van der Waals surface area contributed by atoms with Crippen LogP contribution >= 0.6 is 0 Å². The molecule has 0 amide bonds. The Kier molecular flexibility index (Phi) is 6.06. The molecule has 0 saturated heterocycles. The van der Waals surface area contributed by atoms with Gasteiger partial charge in [0.05, 0.1) is 7.11 Å². The van der Waals surface area contributed by atoms with E-state index in [1.807, 2.05) is 0 Å². The Morgan fingerprint density at radius 1 is 1.18 bits per heavy atom. The molecule has 96 valence electrons. The Bertz CT molecular complexity index is 347. The Morgan fingerprint density at radius 3 is 2.59 bits per heavy atom. The number of hydrogen-bond donors (Lipinski definition) is 1. The van der Waals surface area contributed by atoms with Gasteiger partial charge < -0.3 is 10.1 Å². The molecule has 0 bridgehead atoms. The van der Waals surface area contributed by atoms with Gasteiger partial charge in [-0.05, 0) is 69.0 Å². The van der Waals surface area contributed by atoms with E-state index in [1.54, 1.807) is 7.11 Å². The minimum absolute atomic E-state index is 1.04. The summed E-state index contributed by atoms with van der Waals surface area (Å²) in [6.07, 6.45) is 3.46. The van der Waals surface area contributed by atoms with Gasteiger partial charge in [0.25, 0.3) is 0 Å². The van der Waals surface area contributed by atoms with Crippen molar-refractivity contribution in [1.82, 2.24) is 5.32 Å². The maximum atomic E-state index is 5.46. The van der Waals surface area contributed by atoms with E-state index in [1.165, 1.54) is 29.5 Å². The zero-order chi connectivity index (χ0) is 12.7. The van der Waals surface area contributed by atoms with E-state index in [4.69, 9.17) is 4.74 Å². The van der Waals surface area contributed by atoms with Crippen molar-refractivity contribution in [2.45, 2.75) is 40.0 Å². The second kappa shape index (κ2) is 7.33. The number of ether oxygens (including phenoxy) is 1. The minimum atomic E-state index is 1.04. The third kappa shape index (κ3) is 4.39. The summed E-state index contributed by atoms with van der Waals surface area (Å²) in [6, 6.07) is 4.36. The molecule has 1 aromatic carbocycles. The largest absolute Gasteiger partial charge is 0.496 e. The predicted molar refractivity (Wildman–Crippen MR) is 73.9 cm³/mol. The molecule has 2 nitrogen and oxygen atoms in total. The van der Waals surface area contributed by atoms with E-state index in [0.717, 1.165) is 25.3 Å². The highest BCUT2D eigenvalue weighted by Crippen LogP contribution is 2.25.